The van der Waals surface area contributed by atoms with Crippen molar-refractivity contribution in [2.45, 2.75) is 52.7 Å². The van der Waals surface area contributed by atoms with Gasteiger partial charge in [0.2, 0.25) is 21.8 Å². The molecule has 0 spiro atoms. The van der Waals surface area contributed by atoms with Crippen LogP contribution in [0.2, 0.25) is 0 Å². The van der Waals surface area contributed by atoms with E-state index in [0.29, 0.717) is 5.69 Å². The lowest BCUT2D eigenvalue weighted by Crippen LogP contribution is -2.54. The number of halogens is 2. The Kier molecular flexibility index (Phi) is 9.35. The van der Waals surface area contributed by atoms with E-state index < -0.39 is 34.1 Å². The first-order valence-electron chi connectivity index (χ1n) is 10.7. The van der Waals surface area contributed by atoms with Gasteiger partial charge in [-0.05, 0) is 76.1 Å². The van der Waals surface area contributed by atoms with E-state index in [1.54, 1.807) is 25.1 Å². The molecule has 0 aliphatic rings. The van der Waals surface area contributed by atoms with Crippen LogP contribution in [0, 0.1) is 6.92 Å². The lowest BCUT2D eigenvalue weighted by atomic mass is 10.1. The molecule has 0 aromatic heterocycles. The van der Waals surface area contributed by atoms with Crippen molar-refractivity contribution in [2.75, 3.05) is 17.1 Å². The minimum atomic E-state index is -3.77. The first-order chi connectivity index (χ1) is 15.6. The van der Waals surface area contributed by atoms with Crippen molar-refractivity contribution < 1.29 is 18.0 Å². The molecular weight excluding hydrogens is 586 g/mol. The lowest BCUT2D eigenvalue weighted by Gasteiger charge is -2.33. The van der Waals surface area contributed by atoms with Gasteiger partial charge in [-0.3, -0.25) is 13.9 Å². The highest BCUT2D eigenvalue weighted by atomic mass is 79.9. The predicted molar refractivity (Wildman–Crippen MR) is 143 cm³/mol. The topological polar surface area (TPSA) is 86.8 Å². The number of benzene rings is 2. The summed E-state index contributed by atoms with van der Waals surface area (Å²) in [7, 11) is -3.77. The van der Waals surface area contributed by atoms with Crippen LogP contribution in [0.4, 0.5) is 5.69 Å². The third kappa shape index (κ3) is 8.09. The number of hydrogen-bond acceptors (Lipinski definition) is 4. The van der Waals surface area contributed by atoms with Crippen LogP contribution in [0.25, 0.3) is 0 Å². The third-order valence-electron chi connectivity index (χ3n) is 5.02. The number of aryl methyl sites for hydroxylation is 1. The van der Waals surface area contributed by atoms with Crippen molar-refractivity contribution in [2.24, 2.45) is 0 Å². The first kappa shape index (κ1) is 28.3. The normalized spacial score (nSPS) is 12.7. The van der Waals surface area contributed by atoms with Crippen LogP contribution in [0.15, 0.2) is 51.4 Å². The van der Waals surface area contributed by atoms with E-state index in [-0.39, 0.29) is 12.5 Å². The average molecular weight is 617 g/mol. The van der Waals surface area contributed by atoms with Crippen molar-refractivity contribution in [1.29, 1.82) is 0 Å². The molecule has 186 valence electrons. The highest BCUT2D eigenvalue weighted by Gasteiger charge is 2.31. The van der Waals surface area contributed by atoms with Gasteiger partial charge >= 0.3 is 0 Å². The minimum absolute atomic E-state index is 0.147. The number of amides is 2. The largest absolute Gasteiger partial charge is 0.350 e. The van der Waals surface area contributed by atoms with E-state index >= 15 is 0 Å². The maximum atomic E-state index is 13.5. The maximum absolute atomic E-state index is 13.5. The monoisotopic (exact) mass is 615 g/mol. The number of anilines is 1. The van der Waals surface area contributed by atoms with Crippen LogP contribution in [-0.2, 0) is 26.2 Å². The summed E-state index contributed by atoms with van der Waals surface area (Å²) in [6.07, 6.45) is 1.06. The van der Waals surface area contributed by atoms with Crippen molar-refractivity contribution in [3.8, 4) is 0 Å². The molecular formula is C24H31Br2N3O4S. The molecule has 0 aliphatic heterocycles. The summed E-state index contributed by atoms with van der Waals surface area (Å²) in [4.78, 5) is 27.9. The predicted octanol–water partition coefficient (Wildman–Crippen LogP) is 4.62. The molecule has 0 bridgehead atoms. The third-order valence-corrected chi connectivity index (χ3v) is 7.54. The second-order valence-electron chi connectivity index (χ2n) is 9.27. The quantitative estimate of drug-likeness (QED) is 0.469. The van der Waals surface area contributed by atoms with E-state index in [4.69, 9.17) is 0 Å². The van der Waals surface area contributed by atoms with Gasteiger partial charge in [0, 0.05) is 21.0 Å². The van der Waals surface area contributed by atoms with E-state index in [1.807, 2.05) is 52.0 Å². The van der Waals surface area contributed by atoms with E-state index in [1.165, 1.54) is 4.90 Å². The second-order valence-corrected chi connectivity index (χ2v) is 12.9. The van der Waals surface area contributed by atoms with E-state index in [0.717, 1.165) is 30.6 Å². The molecule has 0 saturated carbocycles. The molecule has 0 unspecified atom stereocenters. The molecule has 1 atom stereocenters. The summed E-state index contributed by atoms with van der Waals surface area (Å²) in [6.45, 7) is 8.78. The lowest BCUT2D eigenvalue weighted by molar-refractivity contribution is -0.140. The van der Waals surface area contributed by atoms with Crippen LogP contribution < -0.4 is 9.62 Å². The van der Waals surface area contributed by atoms with Crippen molar-refractivity contribution in [1.82, 2.24) is 10.2 Å². The number of hydrogen-bond donors (Lipinski definition) is 1. The van der Waals surface area contributed by atoms with Crippen molar-refractivity contribution >= 4 is 59.4 Å². The summed E-state index contributed by atoms with van der Waals surface area (Å²) >= 11 is 6.84. The maximum Gasteiger partial charge on any atom is 0.244 e. The van der Waals surface area contributed by atoms with Crippen LogP contribution in [0.3, 0.4) is 0 Å². The zero-order valence-corrected chi connectivity index (χ0v) is 24.2. The summed E-state index contributed by atoms with van der Waals surface area (Å²) in [5, 5.41) is 2.90. The number of sulfonamides is 1. The molecule has 2 amide bonds. The summed E-state index contributed by atoms with van der Waals surface area (Å²) in [6, 6.07) is 11.7. The molecule has 1 N–H and O–H groups in total. The van der Waals surface area contributed by atoms with Gasteiger partial charge in [0.05, 0.1) is 11.9 Å². The summed E-state index contributed by atoms with van der Waals surface area (Å²) in [5.41, 5.74) is 1.54. The number of nitrogens with one attached hydrogen (secondary N) is 1. The fraction of sp³-hybridized carbons (Fsp3) is 0.417. The SMILES string of the molecule is Cc1cc(N(CC(=O)N(Cc2cccc(Br)c2)[C@H](C)C(=O)NC(C)(C)C)S(C)(=O)=O)ccc1Br. The Bertz CT molecular complexity index is 1160. The van der Waals surface area contributed by atoms with E-state index in [2.05, 4.69) is 37.2 Å². The Morgan fingerprint density at radius 2 is 1.74 bits per heavy atom. The fourth-order valence-electron chi connectivity index (χ4n) is 3.29. The van der Waals surface area contributed by atoms with Gasteiger partial charge in [0.25, 0.3) is 0 Å². The molecule has 2 aromatic carbocycles. The molecule has 0 saturated heterocycles. The molecule has 10 heteroatoms. The van der Waals surface area contributed by atoms with Crippen molar-refractivity contribution in [3.05, 3.63) is 62.5 Å². The zero-order valence-electron chi connectivity index (χ0n) is 20.2. The number of carbonyl (C=O) groups is 2. The molecule has 0 heterocycles. The first-order valence-corrected chi connectivity index (χ1v) is 14.1. The Morgan fingerprint density at radius 1 is 1.09 bits per heavy atom. The van der Waals surface area contributed by atoms with Gasteiger partial charge < -0.3 is 10.2 Å². The molecule has 7 nitrogen and oxygen atoms in total. The fourth-order valence-corrected chi connectivity index (χ4v) is 4.82. The van der Waals surface area contributed by atoms with Gasteiger partial charge in [-0.2, -0.15) is 0 Å². The minimum Gasteiger partial charge on any atom is -0.350 e. The Labute approximate surface area is 219 Å². The number of rotatable bonds is 8. The van der Waals surface area contributed by atoms with Crippen molar-refractivity contribution in [3.63, 3.8) is 0 Å². The van der Waals surface area contributed by atoms with Gasteiger partial charge in [0.1, 0.15) is 12.6 Å². The molecule has 0 fully saturated rings. The van der Waals surface area contributed by atoms with E-state index in [9.17, 15) is 18.0 Å². The molecule has 34 heavy (non-hydrogen) atoms. The van der Waals surface area contributed by atoms with Crippen LogP contribution in [0.5, 0.6) is 0 Å². The van der Waals surface area contributed by atoms with Gasteiger partial charge in [0.15, 0.2) is 0 Å². The highest BCUT2D eigenvalue weighted by Crippen LogP contribution is 2.25. The van der Waals surface area contributed by atoms with Crippen LogP contribution in [-0.4, -0.2) is 49.5 Å². The molecule has 0 aliphatic carbocycles. The van der Waals surface area contributed by atoms with Crippen LogP contribution >= 0.6 is 31.9 Å². The summed E-state index contributed by atoms with van der Waals surface area (Å²) < 4.78 is 28.0. The average Bonchev–Trinajstić information content (AvgIpc) is 2.69. The Balaban J connectivity index is 2.43. The molecule has 2 aromatic rings. The van der Waals surface area contributed by atoms with Gasteiger partial charge in [-0.1, -0.05) is 44.0 Å². The zero-order chi connectivity index (χ0) is 25.8. The van der Waals surface area contributed by atoms with Crippen LogP contribution in [0.1, 0.15) is 38.8 Å². The Morgan fingerprint density at radius 3 is 2.26 bits per heavy atom. The standard InChI is InChI=1S/C24H31Br2N3O4S/c1-16-12-20(10-11-21(16)26)29(34(6,32)33)15-22(30)28(14-18-8-7-9-19(25)13-18)17(2)23(31)27-24(3,4)5/h7-13,17H,14-15H2,1-6H3,(H,27,31)/t17-/m1/s1. The highest BCUT2D eigenvalue weighted by molar-refractivity contribution is 9.10. The smallest absolute Gasteiger partial charge is 0.244 e. The summed E-state index contributed by atoms with van der Waals surface area (Å²) in [5.74, 6) is -0.802. The number of carbonyl (C=O) groups excluding carboxylic acids is 2. The van der Waals surface area contributed by atoms with Gasteiger partial charge in [-0.25, -0.2) is 8.42 Å². The Hall–Kier alpha value is -1.91. The number of nitrogens with zero attached hydrogens (tertiary/aromatic N) is 2. The molecule has 0 radical (unpaired) electrons. The van der Waals surface area contributed by atoms with Gasteiger partial charge in [-0.15, -0.1) is 0 Å². The molecule has 2 rings (SSSR count). The second kappa shape index (κ2) is 11.2.